The van der Waals surface area contributed by atoms with Crippen molar-refractivity contribution in [1.82, 2.24) is 4.98 Å². The third kappa shape index (κ3) is 2.29. The van der Waals surface area contributed by atoms with Gasteiger partial charge in [-0.1, -0.05) is 17.7 Å². The van der Waals surface area contributed by atoms with Crippen LogP contribution in [0, 0.1) is 5.41 Å². The molecule has 0 aliphatic rings. The lowest BCUT2D eigenvalue weighted by Crippen LogP contribution is -2.25. The highest BCUT2D eigenvalue weighted by molar-refractivity contribution is 6.36. The molecule has 4 heteroatoms. The molecule has 0 radical (unpaired) electrons. The number of hydrogen-bond acceptors (Lipinski definition) is 2. The van der Waals surface area contributed by atoms with E-state index in [1.54, 1.807) is 12.3 Å². The van der Waals surface area contributed by atoms with Crippen LogP contribution >= 0.6 is 11.6 Å². The molecule has 90 valence electrons. The number of rotatable bonds is 1. The maximum absolute atomic E-state index is 11.8. The van der Waals surface area contributed by atoms with E-state index in [-0.39, 0.29) is 5.97 Å². The number of benzene rings is 1. The lowest BCUT2D eigenvalue weighted by molar-refractivity contribution is -0.142. The SMILES string of the molecule is CC(C)(C)C(=O)Oc1c[nH]c2cccc(Cl)c12. The zero-order chi connectivity index (χ0) is 12.6. The van der Waals surface area contributed by atoms with Crippen LogP contribution in [-0.4, -0.2) is 11.0 Å². The quantitative estimate of drug-likeness (QED) is 0.784. The second-order valence-corrected chi connectivity index (χ2v) is 5.36. The summed E-state index contributed by atoms with van der Waals surface area (Å²) < 4.78 is 5.36. The number of carbonyl (C=O) groups is 1. The Morgan fingerprint density at radius 2 is 2.06 bits per heavy atom. The predicted molar refractivity (Wildman–Crippen MR) is 68.4 cm³/mol. The minimum absolute atomic E-state index is 0.279. The van der Waals surface area contributed by atoms with Gasteiger partial charge in [-0.25, -0.2) is 0 Å². The molecule has 0 unspecified atom stereocenters. The van der Waals surface area contributed by atoms with Crippen LogP contribution in [0.4, 0.5) is 0 Å². The van der Waals surface area contributed by atoms with Gasteiger partial charge >= 0.3 is 5.97 Å². The number of halogens is 1. The molecule has 1 heterocycles. The summed E-state index contributed by atoms with van der Waals surface area (Å²) in [7, 11) is 0. The first-order chi connectivity index (χ1) is 7.89. The van der Waals surface area contributed by atoms with Gasteiger partial charge in [-0.05, 0) is 32.9 Å². The molecule has 0 amide bonds. The summed E-state index contributed by atoms with van der Waals surface area (Å²) >= 11 is 6.09. The number of esters is 1. The highest BCUT2D eigenvalue weighted by Gasteiger charge is 2.25. The number of fused-ring (bicyclic) bond motifs is 1. The second kappa shape index (κ2) is 4.08. The van der Waals surface area contributed by atoms with Crippen molar-refractivity contribution < 1.29 is 9.53 Å². The van der Waals surface area contributed by atoms with Gasteiger partial charge in [-0.3, -0.25) is 4.79 Å². The maximum Gasteiger partial charge on any atom is 0.316 e. The fourth-order valence-corrected chi connectivity index (χ4v) is 1.71. The van der Waals surface area contributed by atoms with Crippen molar-refractivity contribution in [2.75, 3.05) is 0 Å². The molecule has 0 saturated carbocycles. The number of carbonyl (C=O) groups excluding carboxylic acids is 1. The number of H-pyrrole nitrogens is 1. The lowest BCUT2D eigenvalue weighted by Gasteiger charge is -2.15. The largest absolute Gasteiger partial charge is 0.424 e. The van der Waals surface area contributed by atoms with Crippen molar-refractivity contribution in [1.29, 1.82) is 0 Å². The highest BCUT2D eigenvalue weighted by Crippen LogP contribution is 2.33. The molecule has 0 saturated heterocycles. The fraction of sp³-hybridized carbons (Fsp3) is 0.308. The monoisotopic (exact) mass is 251 g/mol. The molecule has 17 heavy (non-hydrogen) atoms. The van der Waals surface area contributed by atoms with Gasteiger partial charge in [0.2, 0.25) is 0 Å². The Morgan fingerprint density at radius 3 is 2.71 bits per heavy atom. The lowest BCUT2D eigenvalue weighted by atomic mass is 9.97. The zero-order valence-corrected chi connectivity index (χ0v) is 10.8. The van der Waals surface area contributed by atoms with E-state index >= 15 is 0 Å². The van der Waals surface area contributed by atoms with Crippen LogP contribution in [-0.2, 0) is 4.79 Å². The fourth-order valence-electron chi connectivity index (χ4n) is 1.44. The molecule has 0 fully saturated rings. The number of ether oxygens (including phenoxy) is 1. The molecule has 0 atom stereocenters. The van der Waals surface area contributed by atoms with Gasteiger partial charge in [0.25, 0.3) is 0 Å². The smallest absolute Gasteiger partial charge is 0.316 e. The van der Waals surface area contributed by atoms with E-state index in [1.165, 1.54) is 0 Å². The maximum atomic E-state index is 11.8. The van der Waals surface area contributed by atoms with Crippen molar-refractivity contribution in [3.63, 3.8) is 0 Å². The Balaban J connectivity index is 2.41. The number of aromatic nitrogens is 1. The van der Waals surface area contributed by atoms with E-state index in [0.717, 1.165) is 10.9 Å². The van der Waals surface area contributed by atoms with Crippen LogP contribution in [0.15, 0.2) is 24.4 Å². The minimum Gasteiger partial charge on any atom is -0.424 e. The summed E-state index contributed by atoms with van der Waals surface area (Å²) in [6, 6.07) is 5.50. The van der Waals surface area contributed by atoms with Crippen molar-refractivity contribution in [2.45, 2.75) is 20.8 Å². The van der Waals surface area contributed by atoms with E-state index in [9.17, 15) is 4.79 Å². The number of aromatic amines is 1. The Bertz CT molecular complexity index is 566. The van der Waals surface area contributed by atoms with Gasteiger partial charge in [0.05, 0.1) is 21.3 Å². The third-order valence-electron chi connectivity index (χ3n) is 2.43. The van der Waals surface area contributed by atoms with Crippen LogP contribution in [0.5, 0.6) is 5.75 Å². The van der Waals surface area contributed by atoms with Crippen LogP contribution in [0.1, 0.15) is 20.8 Å². The third-order valence-corrected chi connectivity index (χ3v) is 2.75. The summed E-state index contributed by atoms with van der Waals surface area (Å²) in [6.07, 6.45) is 1.65. The summed E-state index contributed by atoms with van der Waals surface area (Å²) in [6.45, 7) is 5.43. The van der Waals surface area contributed by atoms with Gasteiger partial charge in [-0.15, -0.1) is 0 Å². The van der Waals surface area contributed by atoms with Crippen LogP contribution in [0.3, 0.4) is 0 Å². The van der Waals surface area contributed by atoms with Crippen LogP contribution in [0.2, 0.25) is 5.02 Å². The summed E-state index contributed by atoms with van der Waals surface area (Å²) in [4.78, 5) is 14.8. The molecule has 2 rings (SSSR count). The Morgan fingerprint density at radius 1 is 1.35 bits per heavy atom. The molecule has 0 bridgehead atoms. The first kappa shape index (κ1) is 12.0. The molecule has 1 N–H and O–H groups in total. The molecule has 0 spiro atoms. The zero-order valence-electron chi connectivity index (χ0n) is 10.0. The molecule has 2 aromatic rings. The predicted octanol–water partition coefficient (Wildman–Crippen LogP) is 3.77. The van der Waals surface area contributed by atoms with Crippen molar-refractivity contribution >= 4 is 28.5 Å². The molecular weight excluding hydrogens is 238 g/mol. The highest BCUT2D eigenvalue weighted by atomic mass is 35.5. The van der Waals surface area contributed by atoms with Gasteiger partial charge in [-0.2, -0.15) is 0 Å². The molecule has 0 aliphatic carbocycles. The molecule has 3 nitrogen and oxygen atoms in total. The van der Waals surface area contributed by atoms with E-state index in [4.69, 9.17) is 16.3 Å². The van der Waals surface area contributed by atoms with E-state index < -0.39 is 5.41 Å². The topological polar surface area (TPSA) is 42.1 Å². The first-order valence-electron chi connectivity index (χ1n) is 5.37. The molecule has 1 aromatic heterocycles. The molecular formula is C13H14ClNO2. The van der Waals surface area contributed by atoms with E-state index in [2.05, 4.69) is 4.98 Å². The van der Waals surface area contributed by atoms with E-state index in [0.29, 0.717) is 10.8 Å². The summed E-state index contributed by atoms with van der Waals surface area (Å²) in [5.41, 5.74) is 0.319. The van der Waals surface area contributed by atoms with Gasteiger partial charge in [0.1, 0.15) is 0 Å². The van der Waals surface area contributed by atoms with Crippen LogP contribution < -0.4 is 4.74 Å². The Kier molecular flexibility index (Phi) is 2.87. The number of nitrogens with one attached hydrogen (secondary N) is 1. The van der Waals surface area contributed by atoms with Gasteiger partial charge in [0.15, 0.2) is 5.75 Å². The van der Waals surface area contributed by atoms with Crippen molar-refractivity contribution in [2.24, 2.45) is 5.41 Å². The standard InChI is InChI=1S/C13H14ClNO2/c1-13(2,3)12(16)17-10-7-15-9-6-4-5-8(14)11(9)10/h4-7,15H,1-3H3. The number of hydrogen-bond donors (Lipinski definition) is 1. The normalized spacial score (nSPS) is 11.8. The van der Waals surface area contributed by atoms with E-state index in [1.807, 2.05) is 32.9 Å². The molecule has 1 aromatic carbocycles. The minimum atomic E-state index is -0.537. The van der Waals surface area contributed by atoms with Gasteiger partial charge < -0.3 is 9.72 Å². The summed E-state index contributed by atoms with van der Waals surface area (Å²) in [5.74, 6) is 0.198. The van der Waals surface area contributed by atoms with Crippen molar-refractivity contribution in [3.05, 3.63) is 29.4 Å². The van der Waals surface area contributed by atoms with Crippen molar-refractivity contribution in [3.8, 4) is 5.75 Å². The van der Waals surface area contributed by atoms with Crippen LogP contribution in [0.25, 0.3) is 10.9 Å². The Hall–Kier alpha value is -1.48. The summed E-state index contributed by atoms with van der Waals surface area (Å²) in [5, 5.41) is 1.31. The Labute approximate surface area is 105 Å². The first-order valence-corrected chi connectivity index (χ1v) is 5.75. The van der Waals surface area contributed by atoms with Gasteiger partial charge in [0, 0.05) is 6.20 Å². The average molecular weight is 252 g/mol. The average Bonchev–Trinajstić information content (AvgIpc) is 2.61. The molecule has 0 aliphatic heterocycles. The second-order valence-electron chi connectivity index (χ2n) is 4.95.